The average Bonchev–Trinajstić information content (AvgIpc) is 2.48. The van der Waals surface area contributed by atoms with Gasteiger partial charge in [-0.1, -0.05) is 13.0 Å². The molecule has 0 aliphatic carbocycles. The molecule has 1 aromatic heterocycles. The first-order chi connectivity index (χ1) is 9.91. The van der Waals surface area contributed by atoms with Crippen molar-refractivity contribution in [3.8, 4) is 5.88 Å². The standard InChI is InChI=1S/C15H21N3O3/c1-5-11-13(19)18(15(2,3)14(20)17-11)9-10-7-6-8-16-12(10)21-4/h6-8,11H,5,9H2,1-4H3,(H,17,20). The molecule has 0 bridgehead atoms. The van der Waals surface area contributed by atoms with Crippen LogP contribution in [0, 0.1) is 0 Å². The third-order valence-corrected chi connectivity index (χ3v) is 3.88. The first-order valence-corrected chi connectivity index (χ1v) is 7.02. The molecule has 0 saturated carbocycles. The molecule has 2 amide bonds. The Hall–Kier alpha value is -2.11. The van der Waals surface area contributed by atoms with Gasteiger partial charge in [0.2, 0.25) is 17.7 Å². The van der Waals surface area contributed by atoms with E-state index >= 15 is 0 Å². The maximum absolute atomic E-state index is 12.6. The number of aromatic nitrogens is 1. The Labute approximate surface area is 124 Å². The summed E-state index contributed by atoms with van der Waals surface area (Å²) < 4.78 is 5.22. The molecule has 1 atom stereocenters. The van der Waals surface area contributed by atoms with E-state index < -0.39 is 11.6 Å². The molecule has 1 aromatic rings. The Morgan fingerprint density at radius 2 is 2.14 bits per heavy atom. The van der Waals surface area contributed by atoms with Crippen LogP contribution in [-0.4, -0.2) is 40.4 Å². The van der Waals surface area contributed by atoms with Crippen molar-refractivity contribution in [3.05, 3.63) is 23.9 Å². The van der Waals surface area contributed by atoms with Gasteiger partial charge in [0.25, 0.3) is 0 Å². The number of carbonyl (C=O) groups is 2. The molecular formula is C15H21N3O3. The van der Waals surface area contributed by atoms with E-state index in [2.05, 4.69) is 10.3 Å². The number of carbonyl (C=O) groups excluding carboxylic acids is 2. The molecule has 1 aliphatic rings. The van der Waals surface area contributed by atoms with Gasteiger partial charge in [-0.05, 0) is 26.3 Å². The van der Waals surface area contributed by atoms with E-state index in [1.165, 1.54) is 7.11 Å². The normalized spacial score (nSPS) is 21.1. The van der Waals surface area contributed by atoms with Crippen LogP contribution in [0.4, 0.5) is 0 Å². The molecule has 6 heteroatoms. The van der Waals surface area contributed by atoms with Gasteiger partial charge in [-0.15, -0.1) is 0 Å². The highest BCUT2D eigenvalue weighted by atomic mass is 16.5. The Kier molecular flexibility index (Phi) is 4.16. The summed E-state index contributed by atoms with van der Waals surface area (Å²) in [5.74, 6) is 0.255. The lowest BCUT2D eigenvalue weighted by atomic mass is 9.94. The number of methoxy groups -OCH3 is 1. The first kappa shape index (κ1) is 15.3. The van der Waals surface area contributed by atoms with Crippen LogP contribution < -0.4 is 10.1 Å². The monoisotopic (exact) mass is 291 g/mol. The molecule has 0 spiro atoms. The lowest BCUT2D eigenvalue weighted by molar-refractivity contribution is -0.156. The summed E-state index contributed by atoms with van der Waals surface area (Å²) in [7, 11) is 1.54. The van der Waals surface area contributed by atoms with Gasteiger partial charge in [0, 0.05) is 11.8 Å². The number of pyridine rings is 1. The number of piperazine rings is 1. The van der Waals surface area contributed by atoms with Crippen molar-refractivity contribution in [3.63, 3.8) is 0 Å². The fourth-order valence-electron chi connectivity index (χ4n) is 2.43. The molecule has 1 fully saturated rings. The smallest absolute Gasteiger partial charge is 0.246 e. The maximum Gasteiger partial charge on any atom is 0.246 e. The summed E-state index contributed by atoms with van der Waals surface area (Å²) in [5.41, 5.74) is -0.116. The van der Waals surface area contributed by atoms with E-state index in [1.54, 1.807) is 31.0 Å². The number of hydrogen-bond acceptors (Lipinski definition) is 4. The third kappa shape index (κ3) is 2.70. The van der Waals surface area contributed by atoms with E-state index in [9.17, 15) is 9.59 Å². The SMILES string of the molecule is CCC1NC(=O)C(C)(C)N(Cc2cccnc2OC)C1=O. The van der Waals surface area contributed by atoms with Crippen molar-refractivity contribution in [2.45, 2.75) is 45.3 Å². The summed E-state index contributed by atoms with van der Waals surface area (Å²) >= 11 is 0. The molecule has 0 aromatic carbocycles. The van der Waals surface area contributed by atoms with Gasteiger partial charge in [-0.2, -0.15) is 0 Å². The number of nitrogens with one attached hydrogen (secondary N) is 1. The van der Waals surface area contributed by atoms with Crippen molar-refractivity contribution in [1.82, 2.24) is 15.2 Å². The first-order valence-electron chi connectivity index (χ1n) is 7.02. The lowest BCUT2D eigenvalue weighted by Crippen LogP contribution is -2.67. The molecule has 114 valence electrons. The predicted octanol–water partition coefficient (Wildman–Crippen LogP) is 1.11. The van der Waals surface area contributed by atoms with Gasteiger partial charge in [-0.25, -0.2) is 4.98 Å². The summed E-state index contributed by atoms with van der Waals surface area (Å²) in [6.45, 7) is 5.67. The van der Waals surface area contributed by atoms with Crippen LogP contribution in [0.25, 0.3) is 0 Å². The third-order valence-electron chi connectivity index (χ3n) is 3.88. The van der Waals surface area contributed by atoms with E-state index in [4.69, 9.17) is 4.74 Å². The molecule has 0 radical (unpaired) electrons. The highest BCUT2D eigenvalue weighted by molar-refractivity contribution is 5.99. The van der Waals surface area contributed by atoms with Crippen molar-refractivity contribution in [1.29, 1.82) is 0 Å². The number of amides is 2. The van der Waals surface area contributed by atoms with Crippen molar-refractivity contribution in [2.75, 3.05) is 7.11 Å². The van der Waals surface area contributed by atoms with Crippen molar-refractivity contribution < 1.29 is 14.3 Å². The lowest BCUT2D eigenvalue weighted by Gasteiger charge is -2.44. The number of nitrogens with zero attached hydrogens (tertiary/aromatic N) is 2. The Morgan fingerprint density at radius 3 is 2.76 bits per heavy atom. The zero-order valence-corrected chi connectivity index (χ0v) is 12.8. The van der Waals surface area contributed by atoms with Crippen LogP contribution in [0.5, 0.6) is 5.88 Å². The summed E-state index contributed by atoms with van der Waals surface area (Å²) in [4.78, 5) is 30.5. The van der Waals surface area contributed by atoms with Gasteiger partial charge >= 0.3 is 0 Å². The highest BCUT2D eigenvalue weighted by Crippen LogP contribution is 2.26. The van der Waals surface area contributed by atoms with Crippen molar-refractivity contribution in [2.24, 2.45) is 0 Å². The fraction of sp³-hybridized carbons (Fsp3) is 0.533. The minimum absolute atomic E-state index is 0.0759. The number of rotatable bonds is 4. The molecule has 1 unspecified atom stereocenters. The Balaban J connectivity index is 2.34. The van der Waals surface area contributed by atoms with Crippen LogP contribution in [0.1, 0.15) is 32.8 Å². The van der Waals surface area contributed by atoms with E-state index in [-0.39, 0.29) is 11.8 Å². The zero-order valence-electron chi connectivity index (χ0n) is 12.8. The van der Waals surface area contributed by atoms with Crippen molar-refractivity contribution >= 4 is 11.8 Å². The second-order valence-electron chi connectivity index (χ2n) is 5.59. The highest BCUT2D eigenvalue weighted by Gasteiger charge is 2.45. The van der Waals surface area contributed by atoms with Gasteiger partial charge < -0.3 is 15.0 Å². The van der Waals surface area contributed by atoms with E-state index in [0.717, 1.165) is 5.56 Å². The molecule has 1 saturated heterocycles. The quantitative estimate of drug-likeness (QED) is 0.902. The fourth-order valence-corrected chi connectivity index (χ4v) is 2.43. The summed E-state index contributed by atoms with van der Waals surface area (Å²) in [6, 6.07) is 3.17. The zero-order chi connectivity index (χ0) is 15.6. The van der Waals surface area contributed by atoms with E-state index in [1.807, 2.05) is 13.0 Å². The van der Waals surface area contributed by atoms with Crippen LogP contribution in [0.2, 0.25) is 0 Å². The van der Waals surface area contributed by atoms with E-state index in [0.29, 0.717) is 18.8 Å². The molecular weight excluding hydrogens is 270 g/mol. The minimum Gasteiger partial charge on any atom is -0.481 e. The second kappa shape index (κ2) is 5.71. The van der Waals surface area contributed by atoms with Gasteiger partial charge in [-0.3, -0.25) is 9.59 Å². The van der Waals surface area contributed by atoms with Crippen LogP contribution in [0.3, 0.4) is 0 Å². The second-order valence-corrected chi connectivity index (χ2v) is 5.59. The van der Waals surface area contributed by atoms with Gasteiger partial charge in [0.15, 0.2) is 0 Å². The van der Waals surface area contributed by atoms with Gasteiger partial charge in [0.05, 0.1) is 13.7 Å². The summed E-state index contributed by atoms with van der Waals surface area (Å²) in [5, 5.41) is 2.77. The number of hydrogen-bond donors (Lipinski definition) is 1. The molecule has 1 N–H and O–H groups in total. The Morgan fingerprint density at radius 1 is 1.43 bits per heavy atom. The summed E-state index contributed by atoms with van der Waals surface area (Å²) in [6.07, 6.45) is 2.20. The predicted molar refractivity (Wildman–Crippen MR) is 77.6 cm³/mol. The number of ether oxygens (including phenoxy) is 1. The molecule has 6 nitrogen and oxygen atoms in total. The average molecular weight is 291 g/mol. The topological polar surface area (TPSA) is 71.5 Å². The minimum atomic E-state index is -0.899. The molecule has 1 aliphatic heterocycles. The molecule has 21 heavy (non-hydrogen) atoms. The molecule has 2 heterocycles. The van der Waals surface area contributed by atoms with Gasteiger partial charge in [0.1, 0.15) is 11.6 Å². The Bertz CT molecular complexity index is 557. The van der Waals surface area contributed by atoms with Crippen LogP contribution >= 0.6 is 0 Å². The largest absolute Gasteiger partial charge is 0.481 e. The van der Waals surface area contributed by atoms with Crippen LogP contribution in [-0.2, 0) is 16.1 Å². The molecule has 2 rings (SSSR count). The van der Waals surface area contributed by atoms with Crippen LogP contribution in [0.15, 0.2) is 18.3 Å². The maximum atomic E-state index is 12.6.